The Morgan fingerprint density at radius 1 is 1.54 bits per heavy atom. The number of rotatable bonds is 4. The number of ketones is 1. The van der Waals surface area contributed by atoms with E-state index in [4.69, 9.17) is 0 Å². The maximum absolute atomic E-state index is 11.3. The molecule has 13 heavy (non-hydrogen) atoms. The molecule has 0 aromatic heterocycles. The summed E-state index contributed by atoms with van der Waals surface area (Å²) in [6.45, 7) is 8.66. The van der Waals surface area contributed by atoms with E-state index in [1.165, 1.54) is 13.0 Å². The van der Waals surface area contributed by atoms with Crippen molar-refractivity contribution in [3.63, 3.8) is 0 Å². The summed E-state index contributed by atoms with van der Waals surface area (Å²) in [5.41, 5.74) is 0.103. The molecule has 1 atom stereocenters. The summed E-state index contributed by atoms with van der Waals surface area (Å²) in [7, 11) is 0. The first-order valence-corrected chi connectivity index (χ1v) is 4.29. The van der Waals surface area contributed by atoms with Crippen LogP contribution in [-0.2, 0) is 4.79 Å². The Morgan fingerprint density at radius 3 is 2.62 bits per heavy atom. The van der Waals surface area contributed by atoms with Crippen molar-refractivity contribution in [3.8, 4) is 0 Å². The van der Waals surface area contributed by atoms with Gasteiger partial charge in [0.05, 0.1) is 0 Å². The summed E-state index contributed by atoms with van der Waals surface area (Å²) in [5, 5.41) is 9.68. The minimum Gasteiger partial charge on any atom is -0.378 e. The van der Waals surface area contributed by atoms with Crippen LogP contribution < -0.4 is 0 Å². The summed E-state index contributed by atoms with van der Waals surface area (Å²) in [5.74, 6) is -0.221. The van der Waals surface area contributed by atoms with Crippen LogP contribution in [0.15, 0.2) is 36.5 Å². The number of hydrogen-bond donors (Lipinski definition) is 1. The SMILES string of the molecule is C=CCCC1=C(C=C)C(=O)C1(C)O. The van der Waals surface area contributed by atoms with Gasteiger partial charge in [-0.25, -0.2) is 0 Å². The molecular formula is C11H14O2. The van der Waals surface area contributed by atoms with E-state index >= 15 is 0 Å². The molecule has 0 saturated heterocycles. The smallest absolute Gasteiger partial charge is 0.198 e. The summed E-state index contributed by atoms with van der Waals surface area (Å²) >= 11 is 0. The molecule has 2 nitrogen and oxygen atoms in total. The van der Waals surface area contributed by atoms with Crippen molar-refractivity contribution < 1.29 is 9.90 Å². The standard InChI is InChI=1S/C11H14O2/c1-4-6-7-9-8(5-2)10(12)11(9,3)13/h4-5,13H,1-2,6-7H2,3H3. The molecule has 0 radical (unpaired) electrons. The average molecular weight is 178 g/mol. The molecule has 1 rings (SSSR count). The van der Waals surface area contributed by atoms with E-state index in [1.807, 2.05) is 0 Å². The summed E-state index contributed by atoms with van der Waals surface area (Å²) in [6, 6.07) is 0. The average Bonchev–Trinajstić information content (AvgIpc) is 2.11. The predicted octanol–water partition coefficient (Wildman–Crippen LogP) is 1.77. The van der Waals surface area contributed by atoms with E-state index in [0.717, 1.165) is 12.0 Å². The molecule has 2 heteroatoms. The second-order valence-electron chi connectivity index (χ2n) is 3.33. The Labute approximate surface area is 78.3 Å². The lowest BCUT2D eigenvalue weighted by molar-refractivity contribution is -0.132. The first-order chi connectivity index (χ1) is 6.05. The third-order valence-corrected chi connectivity index (χ3v) is 2.40. The Kier molecular flexibility index (Phi) is 2.52. The highest BCUT2D eigenvalue weighted by Gasteiger charge is 2.46. The summed E-state index contributed by atoms with van der Waals surface area (Å²) in [4.78, 5) is 11.3. The van der Waals surface area contributed by atoms with Crippen molar-refractivity contribution >= 4 is 5.78 Å². The van der Waals surface area contributed by atoms with E-state index < -0.39 is 5.60 Å². The zero-order valence-electron chi connectivity index (χ0n) is 7.84. The lowest BCUT2D eigenvalue weighted by Gasteiger charge is -2.36. The summed E-state index contributed by atoms with van der Waals surface area (Å²) < 4.78 is 0. The van der Waals surface area contributed by atoms with E-state index in [0.29, 0.717) is 12.0 Å². The van der Waals surface area contributed by atoms with Gasteiger partial charge in [-0.1, -0.05) is 18.7 Å². The molecule has 1 unspecified atom stereocenters. The fourth-order valence-corrected chi connectivity index (χ4v) is 1.58. The van der Waals surface area contributed by atoms with Gasteiger partial charge in [0, 0.05) is 5.57 Å². The lowest BCUT2D eigenvalue weighted by Crippen LogP contribution is -2.47. The number of carbonyl (C=O) groups is 1. The Balaban J connectivity index is 2.90. The molecule has 0 aromatic rings. The highest BCUT2D eigenvalue weighted by Crippen LogP contribution is 2.38. The van der Waals surface area contributed by atoms with Gasteiger partial charge in [-0.2, -0.15) is 0 Å². The molecule has 0 heterocycles. The minimum absolute atomic E-state index is 0.221. The van der Waals surface area contributed by atoms with Crippen molar-refractivity contribution in [3.05, 3.63) is 36.5 Å². The largest absolute Gasteiger partial charge is 0.378 e. The van der Waals surface area contributed by atoms with Gasteiger partial charge in [-0.3, -0.25) is 4.79 Å². The van der Waals surface area contributed by atoms with Crippen LogP contribution in [0.4, 0.5) is 0 Å². The van der Waals surface area contributed by atoms with E-state index in [-0.39, 0.29) is 5.78 Å². The van der Waals surface area contributed by atoms with Gasteiger partial charge in [-0.05, 0) is 25.3 Å². The van der Waals surface area contributed by atoms with Gasteiger partial charge >= 0.3 is 0 Å². The normalized spacial score (nSPS) is 27.1. The molecule has 0 aromatic carbocycles. The number of aliphatic hydroxyl groups is 1. The second-order valence-corrected chi connectivity index (χ2v) is 3.33. The molecule has 0 spiro atoms. The highest BCUT2D eigenvalue weighted by molar-refractivity contribution is 6.13. The molecule has 1 aliphatic rings. The third-order valence-electron chi connectivity index (χ3n) is 2.40. The van der Waals surface area contributed by atoms with Gasteiger partial charge in [0.15, 0.2) is 5.78 Å². The zero-order chi connectivity index (χ0) is 10.1. The summed E-state index contributed by atoms with van der Waals surface area (Å²) in [6.07, 6.45) is 4.74. The lowest BCUT2D eigenvalue weighted by atomic mass is 9.71. The molecule has 0 bridgehead atoms. The fourth-order valence-electron chi connectivity index (χ4n) is 1.58. The van der Waals surface area contributed by atoms with Crippen molar-refractivity contribution in [1.29, 1.82) is 0 Å². The van der Waals surface area contributed by atoms with Crippen LogP contribution in [0.3, 0.4) is 0 Å². The maximum Gasteiger partial charge on any atom is 0.198 e. The molecule has 70 valence electrons. The zero-order valence-corrected chi connectivity index (χ0v) is 7.84. The fraction of sp³-hybridized carbons (Fsp3) is 0.364. The monoisotopic (exact) mass is 178 g/mol. The molecule has 0 amide bonds. The van der Waals surface area contributed by atoms with Gasteiger partial charge in [0.2, 0.25) is 0 Å². The van der Waals surface area contributed by atoms with E-state index in [1.54, 1.807) is 6.08 Å². The molecular weight excluding hydrogens is 164 g/mol. The van der Waals surface area contributed by atoms with Crippen LogP contribution in [0, 0.1) is 0 Å². The number of allylic oxidation sites excluding steroid dienone is 2. The number of Topliss-reactive ketones (excluding diaryl/α,β-unsaturated/α-hetero) is 1. The quantitative estimate of drug-likeness (QED) is 0.666. The van der Waals surface area contributed by atoms with Crippen LogP contribution in [0.25, 0.3) is 0 Å². The first kappa shape index (κ1) is 9.93. The predicted molar refractivity (Wildman–Crippen MR) is 52.3 cm³/mol. The maximum atomic E-state index is 11.3. The van der Waals surface area contributed by atoms with Gasteiger partial charge in [-0.15, -0.1) is 6.58 Å². The second kappa shape index (κ2) is 3.30. The minimum atomic E-state index is -1.26. The van der Waals surface area contributed by atoms with E-state index in [2.05, 4.69) is 13.2 Å². The van der Waals surface area contributed by atoms with Gasteiger partial charge < -0.3 is 5.11 Å². The third kappa shape index (κ3) is 1.38. The molecule has 0 aliphatic heterocycles. The van der Waals surface area contributed by atoms with Gasteiger partial charge in [0.25, 0.3) is 0 Å². The number of hydrogen-bond acceptors (Lipinski definition) is 2. The Bertz CT molecular complexity index is 295. The van der Waals surface area contributed by atoms with Crippen LogP contribution in [-0.4, -0.2) is 16.5 Å². The van der Waals surface area contributed by atoms with Crippen molar-refractivity contribution in [2.75, 3.05) is 0 Å². The van der Waals surface area contributed by atoms with Crippen LogP contribution in [0.5, 0.6) is 0 Å². The Hall–Kier alpha value is -1.15. The van der Waals surface area contributed by atoms with Crippen molar-refractivity contribution in [2.45, 2.75) is 25.4 Å². The van der Waals surface area contributed by atoms with Crippen molar-refractivity contribution in [1.82, 2.24) is 0 Å². The van der Waals surface area contributed by atoms with Crippen LogP contribution in [0.2, 0.25) is 0 Å². The molecule has 0 fully saturated rings. The molecule has 1 N–H and O–H groups in total. The number of carbonyl (C=O) groups excluding carboxylic acids is 1. The van der Waals surface area contributed by atoms with E-state index in [9.17, 15) is 9.90 Å². The molecule has 0 saturated carbocycles. The topological polar surface area (TPSA) is 37.3 Å². The highest BCUT2D eigenvalue weighted by atomic mass is 16.3. The van der Waals surface area contributed by atoms with Crippen LogP contribution in [0.1, 0.15) is 19.8 Å². The van der Waals surface area contributed by atoms with Crippen LogP contribution >= 0.6 is 0 Å². The van der Waals surface area contributed by atoms with Gasteiger partial charge in [0.1, 0.15) is 5.60 Å². The first-order valence-electron chi connectivity index (χ1n) is 4.29. The molecule has 1 aliphatic carbocycles. The van der Waals surface area contributed by atoms with Crippen molar-refractivity contribution in [2.24, 2.45) is 0 Å². The Morgan fingerprint density at radius 2 is 2.15 bits per heavy atom.